The van der Waals surface area contributed by atoms with Crippen LogP contribution in [0.1, 0.15) is 6.42 Å². The minimum atomic E-state index is 0.511. The largest absolute Gasteiger partial charge is 0.493 e. The van der Waals surface area contributed by atoms with Gasteiger partial charge in [-0.05, 0) is 30.7 Å². The van der Waals surface area contributed by atoms with Crippen LogP contribution in [-0.4, -0.2) is 34.6 Å². The van der Waals surface area contributed by atoms with E-state index in [4.69, 9.17) is 9.72 Å². The maximum Gasteiger partial charge on any atom is 0.147 e. The highest BCUT2D eigenvalue weighted by atomic mass is 16.5. The molecule has 1 saturated heterocycles. The quantitative estimate of drug-likeness (QED) is 0.742. The van der Waals surface area contributed by atoms with Crippen LogP contribution in [0, 0.1) is 5.92 Å². The lowest BCUT2D eigenvalue weighted by molar-refractivity contribution is 0.261. The Kier molecular flexibility index (Phi) is 3.76. The first-order valence-electron chi connectivity index (χ1n) is 7.88. The van der Waals surface area contributed by atoms with Crippen LogP contribution >= 0.6 is 0 Å². The zero-order chi connectivity index (χ0) is 15.5. The van der Waals surface area contributed by atoms with Gasteiger partial charge in [0.1, 0.15) is 11.6 Å². The molecule has 1 aliphatic heterocycles. The van der Waals surface area contributed by atoms with Gasteiger partial charge in [-0.25, -0.2) is 4.98 Å². The number of benzene rings is 1. The van der Waals surface area contributed by atoms with E-state index in [1.165, 1.54) is 0 Å². The van der Waals surface area contributed by atoms with E-state index in [1.807, 2.05) is 42.6 Å². The second-order valence-electron chi connectivity index (χ2n) is 5.81. The molecule has 1 unspecified atom stereocenters. The van der Waals surface area contributed by atoms with Crippen LogP contribution in [0.15, 0.2) is 55.0 Å². The number of fused-ring (bicyclic) bond motifs is 1. The number of rotatable bonds is 4. The lowest BCUT2D eigenvalue weighted by atomic mass is 10.1. The molecule has 0 saturated carbocycles. The summed E-state index contributed by atoms with van der Waals surface area (Å²) in [4.78, 5) is 15.5. The summed E-state index contributed by atoms with van der Waals surface area (Å²) in [5.74, 6) is 2.34. The van der Waals surface area contributed by atoms with Gasteiger partial charge in [0.05, 0.1) is 23.8 Å². The topological polar surface area (TPSA) is 51.1 Å². The van der Waals surface area contributed by atoms with Crippen molar-refractivity contribution in [3.63, 3.8) is 0 Å². The molecule has 0 N–H and O–H groups in total. The Morgan fingerprint density at radius 1 is 1.09 bits per heavy atom. The van der Waals surface area contributed by atoms with Gasteiger partial charge in [0, 0.05) is 31.4 Å². The molecule has 0 spiro atoms. The molecule has 2 aromatic heterocycles. The predicted molar refractivity (Wildman–Crippen MR) is 89.6 cm³/mol. The highest BCUT2D eigenvalue weighted by Crippen LogP contribution is 2.24. The summed E-state index contributed by atoms with van der Waals surface area (Å²) in [5, 5.41) is 0. The molecule has 0 aliphatic carbocycles. The molecule has 3 heterocycles. The summed E-state index contributed by atoms with van der Waals surface area (Å²) in [6, 6.07) is 11.8. The Morgan fingerprint density at radius 2 is 1.91 bits per heavy atom. The van der Waals surface area contributed by atoms with Crippen LogP contribution in [0.4, 0.5) is 5.82 Å². The Labute approximate surface area is 135 Å². The van der Waals surface area contributed by atoms with Gasteiger partial charge < -0.3 is 9.64 Å². The first-order chi connectivity index (χ1) is 11.4. The SMILES string of the molecule is c1ccc2nc(N3CCC(COc4ccncc4)C3)cnc2c1. The molecule has 23 heavy (non-hydrogen) atoms. The Hall–Kier alpha value is -2.69. The zero-order valence-electron chi connectivity index (χ0n) is 12.8. The van der Waals surface area contributed by atoms with Crippen molar-refractivity contribution in [2.24, 2.45) is 5.92 Å². The Bertz CT molecular complexity index is 793. The van der Waals surface area contributed by atoms with E-state index in [0.29, 0.717) is 5.92 Å². The van der Waals surface area contributed by atoms with Crippen molar-refractivity contribution in [3.8, 4) is 5.75 Å². The maximum atomic E-state index is 5.84. The molecule has 1 atom stereocenters. The summed E-state index contributed by atoms with van der Waals surface area (Å²) in [6.45, 7) is 2.68. The van der Waals surface area contributed by atoms with Crippen molar-refractivity contribution < 1.29 is 4.74 Å². The van der Waals surface area contributed by atoms with Gasteiger partial charge in [-0.3, -0.25) is 9.97 Å². The van der Waals surface area contributed by atoms with Gasteiger partial charge in [0.2, 0.25) is 0 Å². The minimum Gasteiger partial charge on any atom is -0.493 e. The number of pyridine rings is 1. The summed E-state index contributed by atoms with van der Waals surface area (Å²) in [7, 11) is 0. The molecule has 1 aromatic carbocycles. The predicted octanol–water partition coefficient (Wildman–Crippen LogP) is 2.93. The molecule has 3 aromatic rings. The smallest absolute Gasteiger partial charge is 0.147 e. The van der Waals surface area contributed by atoms with E-state index in [1.54, 1.807) is 12.4 Å². The molecular weight excluding hydrogens is 288 g/mol. The van der Waals surface area contributed by atoms with Gasteiger partial charge in [0.15, 0.2) is 0 Å². The summed E-state index contributed by atoms with van der Waals surface area (Å²) in [6.07, 6.45) is 6.48. The molecule has 0 amide bonds. The number of anilines is 1. The summed E-state index contributed by atoms with van der Waals surface area (Å²) >= 11 is 0. The molecular formula is C18H18N4O. The minimum absolute atomic E-state index is 0.511. The normalized spacial score (nSPS) is 17.6. The standard InChI is InChI=1S/C18H18N4O/c1-2-4-17-16(3-1)20-11-18(21-17)22-10-7-14(12-22)13-23-15-5-8-19-9-6-15/h1-6,8-9,11,14H,7,10,12-13H2. The van der Waals surface area contributed by atoms with Crippen molar-refractivity contribution in [1.29, 1.82) is 0 Å². The van der Waals surface area contributed by atoms with E-state index in [2.05, 4.69) is 14.9 Å². The van der Waals surface area contributed by atoms with Crippen molar-refractivity contribution in [2.45, 2.75) is 6.42 Å². The number of para-hydroxylation sites is 2. The van der Waals surface area contributed by atoms with Crippen molar-refractivity contribution in [2.75, 3.05) is 24.6 Å². The van der Waals surface area contributed by atoms with Crippen LogP contribution in [0.3, 0.4) is 0 Å². The van der Waals surface area contributed by atoms with E-state index in [0.717, 1.165) is 48.7 Å². The molecule has 5 nitrogen and oxygen atoms in total. The van der Waals surface area contributed by atoms with Crippen molar-refractivity contribution in [1.82, 2.24) is 15.0 Å². The fourth-order valence-electron chi connectivity index (χ4n) is 2.93. The first kappa shape index (κ1) is 13.9. The summed E-state index contributed by atoms with van der Waals surface area (Å²) < 4.78 is 5.84. The van der Waals surface area contributed by atoms with E-state index in [9.17, 15) is 0 Å². The van der Waals surface area contributed by atoms with E-state index in [-0.39, 0.29) is 0 Å². The highest BCUT2D eigenvalue weighted by molar-refractivity contribution is 5.75. The number of hydrogen-bond acceptors (Lipinski definition) is 5. The fraction of sp³-hybridized carbons (Fsp3) is 0.278. The number of ether oxygens (including phenoxy) is 1. The zero-order valence-corrected chi connectivity index (χ0v) is 12.8. The van der Waals surface area contributed by atoms with Crippen LogP contribution in [0.2, 0.25) is 0 Å². The molecule has 1 aliphatic rings. The third kappa shape index (κ3) is 3.08. The van der Waals surface area contributed by atoms with Crippen molar-refractivity contribution in [3.05, 3.63) is 55.0 Å². The van der Waals surface area contributed by atoms with Gasteiger partial charge in [-0.15, -0.1) is 0 Å². The van der Waals surface area contributed by atoms with Crippen molar-refractivity contribution >= 4 is 16.9 Å². The fourth-order valence-corrected chi connectivity index (χ4v) is 2.93. The average Bonchev–Trinajstić information content (AvgIpc) is 3.09. The lowest BCUT2D eigenvalue weighted by Gasteiger charge is -2.17. The van der Waals surface area contributed by atoms with Gasteiger partial charge in [-0.1, -0.05) is 12.1 Å². The molecule has 1 fully saturated rings. The number of nitrogens with zero attached hydrogens (tertiary/aromatic N) is 4. The number of aromatic nitrogens is 3. The second-order valence-corrected chi connectivity index (χ2v) is 5.81. The van der Waals surface area contributed by atoms with Crippen LogP contribution in [0.5, 0.6) is 5.75 Å². The van der Waals surface area contributed by atoms with Gasteiger partial charge in [0.25, 0.3) is 0 Å². The Morgan fingerprint density at radius 3 is 2.78 bits per heavy atom. The summed E-state index contributed by atoms with van der Waals surface area (Å²) in [5.41, 5.74) is 1.88. The van der Waals surface area contributed by atoms with E-state index >= 15 is 0 Å². The maximum absolute atomic E-state index is 5.84. The first-order valence-corrected chi connectivity index (χ1v) is 7.88. The third-order valence-corrected chi connectivity index (χ3v) is 4.18. The highest BCUT2D eigenvalue weighted by Gasteiger charge is 2.24. The Balaban J connectivity index is 1.41. The van der Waals surface area contributed by atoms with Gasteiger partial charge in [-0.2, -0.15) is 0 Å². The van der Waals surface area contributed by atoms with Crippen LogP contribution in [0.25, 0.3) is 11.0 Å². The molecule has 0 radical (unpaired) electrons. The average molecular weight is 306 g/mol. The molecule has 5 heteroatoms. The van der Waals surface area contributed by atoms with Gasteiger partial charge >= 0.3 is 0 Å². The lowest BCUT2D eigenvalue weighted by Crippen LogP contribution is -2.23. The van der Waals surface area contributed by atoms with E-state index < -0.39 is 0 Å². The third-order valence-electron chi connectivity index (χ3n) is 4.18. The molecule has 4 rings (SSSR count). The molecule has 0 bridgehead atoms. The molecule has 116 valence electrons. The monoisotopic (exact) mass is 306 g/mol. The van der Waals surface area contributed by atoms with Crippen LogP contribution in [-0.2, 0) is 0 Å². The second kappa shape index (κ2) is 6.20. The van der Waals surface area contributed by atoms with Crippen LogP contribution < -0.4 is 9.64 Å². The number of hydrogen-bond donors (Lipinski definition) is 0.